The second-order valence-electron chi connectivity index (χ2n) is 8.24. The third kappa shape index (κ3) is 4.53. The monoisotopic (exact) mass is 417 g/mol. The van der Waals surface area contributed by atoms with E-state index in [4.69, 9.17) is 9.57 Å². The van der Waals surface area contributed by atoms with Crippen LogP contribution in [0.2, 0.25) is 0 Å². The van der Waals surface area contributed by atoms with Gasteiger partial charge in [-0.15, -0.1) is 0 Å². The number of amides is 1. The van der Waals surface area contributed by atoms with Crippen molar-refractivity contribution in [2.24, 2.45) is 16.2 Å². The van der Waals surface area contributed by atoms with Crippen LogP contribution in [0, 0.1) is 5.92 Å². The Bertz CT molecular complexity index is 1040. The molecule has 1 amide bonds. The second kappa shape index (κ2) is 8.76. The van der Waals surface area contributed by atoms with Crippen molar-refractivity contribution in [1.29, 1.82) is 0 Å². The average Bonchev–Trinajstić information content (AvgIpc) is 3.22. The van der Waals surface area contributed by atoms with E-state index in [-0.39, 0.29) is 11.8 Å². The number of carbonyl (C=O) groups excluding carboxylic acids is 1. The van der Waals surface area contributed by atoms with Gasteiger partial charge in [0.05, 0.1) is 18.5 Å². The van der Waals surface area contributed by atoms with Crippen LogP contribution < -0.4 is 10.2 Å². The maximum absolute atomic E-state index is 12.4. The number of hydrogen-bond donors (Lipinski definition) is 1. The van der Waals surface area contributed by atoms with E-state index in [9.17, 15) is 4.79 Å². The van der Waals surface area contributed by atoms with E-state index < -0.39 is 5.60 Å². The normalized spacial score (nSPS) is 24.2. The number of hydrazone groups is 1. The van der Waals surface area contributed by atoms with Crippen molar-refractivity contribution in [3.05, 3.63) is 77.4 Å². The number of rotatable bonds is 5. The van der Waals surface area contributed by atoms with Gasteiger partial charge in [-0.25, -0.2) is 5.43 Å². The lowest BCUT2D eigenvalue weighted by atomic mass is 9.75. The van der Waals surface area contributed by atoms with Gasteiger partial charge in [0.2, 0.25) is 0 Å². The van der Waals surface area contributed by atoms with E-state index in [1.54, 1.807) is 19.2 Å². The van der Waals surface area contributed by atoms with E-state index in [1.165, 1.54) is 0 Å². The van der Waals surface area contributed by atoms with Crippen molar-refractivity contribution >= 4 is 17.3 Å². The molecule has 160 valence electrons. The maximum atomic E-state index is 12.4. The molecule has 0 aromatic heterocycles. The van der Waals surface area contributed by atoms with Crippen molar-refractivity contribution < 1.29 is 14.4 Å². The Labute approximate surface area is 182 Å². The van der Waals surface area contributed by atoms with Gasteiger partial charge in [0, 0.05) is 17.9 Å². The summed E-state index contributed by atoms with van der Waals surface area (Å²) in [5.74, 6) is 0.817. The lowest BCUT2D eigenvalue weighted by molar-refractivity contribution is -0.0470. The highest BCUT2D eigenvalue weighted by atomic mass is 16.7. The molecule has 0 saturated heterocycles. The Morgan fingerprint density at radius 3 is 2.65 bits per heavy atom. The molecule has 31 heavy (non-hydrogen) atoms. The summed E-state index contributed by atoms with van der Waals surface area (Å²) >= 11 is 0. The quantitative estimate of drug-likeness (QED) is 0.716. The van der Waals surface area contributed by atoms with Gasteiger partial charge in [0.25, 0.3) is 5.91 Å². The van der Waals surface area contributed by atoms with E-state index in [0.29, 0.717) is 5.56 Å². The molecule has 2 atom stereocenters. The second-order valence-corrected chi connectivity index (χ2v) is 8.24. The third-order valence-electron chi connectivity index (χ3n) is 6.10. The Hall–Kier alpha value is -3.41. The molecule has 0 bridgehead atoms. The van der Waals surface area contributed by atoms with Gasteiger partial charge in [-0.3, -0.25) is 4.79 Å². The number of hydrogen-bond acceptors (Lipinski definition) is 5. The molecule has 0 saturated carbocycles. The van der Waals surface area contributed by atoms with Crippen LogP contribution in [0.4, 0.5) is 0 Å². The molecule has 1 aliphatic carbocycles. The van der Waals surface area contributed by atoms with Crippen LogP contribution in [0.3, 0.4) is 0 Å². The van der Waals surface area contributed by atoms with Crippen molar-refractivity contribution in [1.82, 2.24) is 5.43 Å². The standard InChI is InChI=1S/C25H27N3O3/c1-17-9-12-20(15-22(17)26-27-24(29)19-7-5-4-6-8-19)25(2)16-23(28-31-25)18-10-13-21(30-3)14-11-18/h4-11,13-14,20H,12,15-16H2,1-3H3,(H,27,29)/b26-22+/t20-,25-/m0/s1. The average molecular weight is 418 g/mol. The van der Waals surface area contributed by atoms with Crippen molar-refractivity contribution in [3.63, 3.8) is 0 Å². The SMILES string of the molecule is COc1ccc(C2=NO[C@](C)([C@H]3CC=C(C)/C(=N/NC(=O)c4ccccc4)C3)C2)cc1. The topological polar surface area (TPSA) is 72.3 Å². The van der Waals surface area contributed by atoms with Gasteiger partial charge in [0.15, 0.2) is 0 Å². The number of ether oxygens (including phenoxy) is 1. The zero-order valence-electron chi connectivity index (χ0n) is 18.1. The van der Waals surface area contributed by atoms with Crippen LogP contribution in [0.15, 0.2) is 76.5 Å². The number of oxime groups is 1. The summed E-state index contributed by atoms with van der Waals surface area (Å²) in [5.41, 5.74) is 6.80. The first-order valence-electron chi connectivity index (χ1n) is 10.5. The van der Waals surface area contributed by atoms with Crippen molar-refractivity contribution in [3.8, 4) is 5.75 Å². The van der Waals surface area contributed by atoms with E-state index in [0.717, 1.165) is 47.6 Å². The maximum Gasteiger partial charge on any atom is 0.271 e. The zero-order valence-corrected chi connectivity index (χ0v) is 18.1. The molecule has 6 nitrogen and oxygen atoms in total. The van der Waals surface area contributed by atoms with Gasteiger partial charge in [-0.2, -0.15) is 5.10 Å². The number of carbonyl (C=O) groups is 1. The molecule has 0 radical (unpaired) electrons. The van der Waals surface area contributed by atoms with Crippen LogP contribution in [0.5, 0.6) is 5.75 Å². The first kappa shape index (κ1) is 20.8. The highest BCUT2D eigenvalue weighted by Crippen LogP contribution is 2.40. The predicted octanol–water partition coefficient (Wildman–Crippen LogP) is 4.72. The molecule has 0 spiro atoms. The Morgan fingerprint density at radius 1 is 1.19 bits per heavy atom. The molecule has 1 N–H and O–H groups in total. The van der Waals surface area contributed by atoms with Gasteiger partial charge < -0.3 is 9.57 Å². The smallest absolute Gasteiger partial charge is 0.271 e. The molecule has 6 heteroatoms. The van der Waals surface area contributed by atoms with E-state index in [1.807, 2.05) is 49.4 Å². The summed E-state index contributed by atoms with van der Waals surface area (Å²) in [7, 11) is 1.66. The minimum Gasteiger partial charge on any atom is -0.497 e. The van der Waals surface area contributed by atoms with Gasteiger partial charge >= 0.3 is 0 Å². The molecule has 2 aliphatic rings. The highest BCUT2D eigenvalue weighted by molar-refractivity contribution is 6.03. The van der Waals surface area contributed by atoms with Crippen molar-refractivity contribution in [2.75, 3.05) is 7.11 Å². The lowest BCUT2D eigenvalue weighted by Gasteiger charge is -2.34. The summed E-state index contributed by atoms with van der Waals surface area (Å²) in [6.07, 6.45) is 4.50. The largest absolute Gasteiger partial charge is 0.497 e. The third-order valence-corrected chi connectivity index (χ3v) is 6.10. The number of allylic oxidation sites excluding steroid dienone is 2. The predicted molar refractivity (Wildman–Crippen MR) is 121 cm³/mol. The fraction of sp³-hybridized carbons (Fsp3) is 0.320. The summed E-state index contributed by atoms with van der Waals surface area (Å²) in [6.45, 7) is 4.13. The number of methoxy groups -OCH3 is 1. The molecule has 1 aliphatic heterocycles. The van der Waals surface area contributed by atoms with Gasteiger partial charge in [0.1, 0.15) is 11.4 Å². The molecule has 0 fully saturated rings. The molecular formula is C25H27N3O3. The molecular weight excluding hydrogens is 390 g/mol. The van der Waals surface area contributed by atoms with Crippen LogP contribution >= 0.6 is 0 Å². The summed E-state index contributed by atoms with van der Waals surface area (Å²) in [6, 6.07) is 17.0. The molecule has 0 unspecified atom stereocenters. The van der Waals surface area contributed by atoms with Gasteiger partial charge in [-0.05, 0) is 74.2 Å². The van der Waals surface area contributed by atoms with Crippen LogP contribution in [0.25, 0.3) is 0 Å². The van der Waals surface area contributed by atoms with Crippen molar-refractivity contribution in [2.45, 2.75) is 38.7 Å². The Balaban J connectivity index is 1.43. The van der Waals surface area contributed by atoms with Crippen LogP contribution in [-0.4, -0.2) is 30.0 Å². The minimum atomic E-state index is -0.420. The Morgan fingerprint density at radius 2 is 1.94 bits per heavy atom. The molecule has 2 aromatic carbocycles. The molecule has 1 heterocycles. The minimum absolute atomic E-state index is 0.211. The first-order chi connectivity index (χ1) is 15.0. The highest BCUT2D eigenvalue weighted by Gasteiger charge is 2.43. The van der Waals surface area contributed by atoms with Gasteiger partial charge in [-0.1, -0.05) is 29.4 Å². The van der Waals surface area contributed by atoms with Crippen LogP contribution in [-0.2, 0) is 4.84 Å². The summed E-state index contributed by atoms with van der Waals surface area (Å²) in [4.78, 5) is 18.3. The fourth-order valence-corrected chi connectivity index (χ4v) is 4.00. The number of benzene rings is 2. The number of nitrogens with one attached hydrogen (secondary N) is 1. The van der Waals surface area contributed by atoms with E-state index in [2.05, 4.69) is 28.7 Å². The lowest BCUT2D eigenvalue weighted by Crippen LogP contribution is -2.38. The fourth-order valence-electron chi connectivity index (χ4n) is 4.00. The summed E-state index contributed by atoms with van der Waals surface area (Å²) < 4.78 is 5.24. The first-order valence-corrected chi connectivity index (χ1v) is 10.5. The summed E-state index contributed by atoms with van der Waals surface area (Å²) in [5, 5.41) is 8.82. The van der Waals surface area contributed by atoms with E-state index >= 15 is 0 Å². The molecule has 4 rings (SSSR count). The zero-order chi connectivity index (χ0) is 21.8. The molecule has 2 aromatic rings. The Kier molecular flexibility index (Phi) is 5.89. The number of nitrogens with zero attached hydrogens (tertiary/aromatic N) is 2. The van der Waals surface area contributed by atoms with Crippen LogP contribution in [0.1, 0.15) is 49.0 Å².